The van der Waals surface area contributed by atoms with Crippen molar-refractivity contribution in [3.63, 3.8) is 0 Å². The number of amides is 1. The van der Waals surface area contributed by atoms with Gasteiger partial charge in [-0.1, -0.05) is 443 Å². The van der Waals surface area contributed by atoms with Crippen molar-refractivity contribution in [2.75, 3.05) is 13.2 Å². The minimum atomic E-state index is -0.664. The lowest BCUT2D eigenvalue weighted by atomic mass is 10.0. The Balaban J connectivity index is 3.36. The van der Waals surface area contributed by atoms with E-state index < -0.39 is 12.1 Å². The van der Waals surface area contributed by atoms with Crippen LogP contribution in [0.1, 0.15) is 489 Å². The molecule has 6 heteroatoms. The highest BCUT2D eigenvalue weighted by molar-refractivity contribution is 5.76. The van der Waals surface area contributed by atoms with Crippen molar-refractivity contribution < 1.29 is 24.5 Å². The lowest BCUT2D eigenvalue weighted by molar-refractivity contribution is -0.143. The predicted octanol–water partition coefficient (Wildman–Crippen LogP) is 28.4. The molecule has 0 fully saturated rings. The normalized spacial score (nSPS) is 12.5. The van der Waals surface area contributed by atoms with Gasteiger partial charge in [-0.3, -0.25) is 9.59 Å². The van der Waals surface area contributed by atoms with Crippen LogP contribution >= 0.6 is 0 Å². The van der Waals surface area contributed by atoms with E-state index in [1.165, 1.54) is 411 Å². The summed E-state index contributed by atoms with van der Waals surface area (Å²) in [5, 5.41) is 23.5. The summed E-state index contributed by atoms with van der Waals surface area (Å²) in [7, 11) is 0. The lowest BCUT2D eigenvalue weighted by Crippen LogP contribution is -2.45. The van der Waals surface area contributed by atoms with Crippen molar-refractivity contribution in [1.82, 2.24) is 5.32 Å². The average molecular weight is 1300 g/mol. The van der Waals surface area contributed by atoms with E-state index in [2.05, 4.69) is 43.5 Å². The van der Waals surface area contributed by atoms with Gasteiger partial charge in [0.1, 0.15) is 0 Å². The Labute approximate surface area is 577 Å². The quantitative estimate of drug-likeness (QED) is 0.0320. The van der Waals surface area contributed by atoms with Crippen molar-refractivity contribution in [3.05, 3.63) is 24.3 Å². The molecule has 0 radical (unpaired) electrons. The maximum Gasteiger partial charge on any atom is 0.305 e. The van der Waals surface area contributed by atoms with Gasteiger partial charge in [0.2, 0.25) is 5.91 Å². The van der Waals surface area contributed by atoms with Crippen molar-refractivity contribution >= 4 is 11.9 Å². The average Bonchev–Trinajstić information content (AvgIpc) is 3.67. The predicted molar refractivity (Wildman–Crippen MR) is 407 cm³/mol. The van der Waals surface area contributed by atoms with Crippen molar-refractivity contribution in [3.8, 4) is 0 Å². The van der Waals surface area contributed by atoms with Crippen LogP contribution in [0.5, 0.6) is 0 Å². The van der Waals surface area contributed by atoms with E-state index in [9.17, 15) is 19.8 Å². The van der Waals surface area contributed by atoms with E-state index in [-0.39, 0.29) is 18.5 Å². The number of rotatable bonds is 81. The highest BCUT2D eigenvalue weighted by atomic mass is 16.5. The number of hydrogen-bond acceptors (Lipinski definition) is 5. The molecule has 546 valence electrons. The summed E-state index contributed by atoms with van der Waals surface area (Å²) in [5.74, 6) is -0.00447. The number of esters is 1. The number of hydrogen-bond donors (Lipinski definition) is 3. The zero-order valence-corrected chi connectivity index (χ0v) is 62.8. The Morgan fingerprint density at radius 3 is 0.826 bits per heavy atom. The number of carbonyl (C=O) groups excluding carboxylic acids is 2. The van der Waals surface area contributed by atoms with Gasteiger partial charge in [0, 0.05) is 12.8 Å². The van der Waals surface area contributed by atoms with E-state index in [0.717, 1.165) is 44.9 Å². The second kappa shape index (κ2) is 81.8. The van der Waals surface area contributed by atoms with Crippen LogP contribution in [0.25, 0.3) is 0 Å². The van der Waals surface area contributed by atoms with Gasteiger partial charge in [-0.15, -0.1) is 0 Å². The Kier molecular flexibility index (Phi) is 80.3. The Bertz CT molecular complexity index is 1450. The molecule has 0 saturated heterocycles. The van der Waals surface area contributed by atoms with E-state index in [1.54, 1.807) is 0 Å². The molecule has 2 unspecified atom stereocenters. The third kappa shape index (κ3) is 77.3. The van der Waals surface area contributed by atoms with Gasteiger partial charge in [0.05, 0.1) is 25.4 Å². The topological polar surface area (TPSA) is 95.9 Å². The van der Waals surface area contributed by atoms with Gasteiger partial charge in [-0.2, -0.15) is 0 Å². The third-order valence-corrected chi connectivity index (χ3v) is 20.3. The molecule has 6 nitrogen and oxygen atoms in total. The molecule has 0 spiro atoms. The van der Waals surface area contributed by atoms with Crippen molar-refractivity contribution in [1.29, 1.82) is 0 Å². The zero-order valence-electron chi connectivity index (χ0n) is 62.8. The van der Waals surface area contributed by atoms with Crippen LogP contribution in [0.4, 0.5) is 0 Å². The molecule has 1 amide bonds. The number of carbonyl (C=O) groups is 2. The Morgan fingerprint density at radius 2 is 0.543 bits per heavy atom. The minimum Gasteiger partial charge on any atom is -0.466 e. The number of aliphatic hydroxyl groups is 2. The summed E-state index contributed by atoms with van der Waals surface area (Å²) in [6, 6.07) is -0.541. The van der Waals surface area contributed by atoms with Gasteiger partial charge in [0.25, 0.3) is 0 Å². The molecule has 0 aliphatic heterocycles. The van der Waals surface area contributed by atoms with E-state index >= 15 is 0 Å². The first-order chi connectivity index (χ1) is 45.5. The fraction of sp³-hybridized carbons (Fsp3) is 0.930. The molecular weight excluding hydrogens is 1130 g/mol. The molecule has 3 N–H and O–H groups in total. The lowest BCUT2D eigenvalue weighted by Gasteiger charge is -2.22. The molecule has 0 aromatic heterocycles. The van der Waals surface area contributed by atoms with E-state index in [1.807, 2.05) is 0 Å². The molecule has 0 bridgehead atoms. The summed E-state index contributed by atoms with van der Waals surface area (Å²) in [6.45, 7) is 5.01. The van der Waals surface area contributed by atoms with Crippen molar-refractivity contribution in [2.45, 2.75) is 501 Å². The fourth-order valence-electron chi connectivity index (χ4n) is 13.8. The van der Waals surface area contributed by atoms with Crippen LogP contribution in [0.3, 0.4) is 0 Å². The number of aliphatic hydroxyl groups excluding tert-OH is 2. The second-order valence-electron chi connectivity index (χ2n) is 29.5. The van der Waals surface area contributed by atoms with Crippen LogP contribution < -0.4 is 5.32 Å². The minimum absolute atomic E-state index is 0.0214. The monoisotopic (exact) mass is 1290 g/mol. The molecule has 0 saturated carbocycles. The largest absolute Gasteiger partial charge is 0.466 e. The molecule has 0 rings (SSSR count). The summed E-state index contributed by atoms with van der Waals surface area (Å²) >= 11 is 0. The highest BCUT2D eigenvalue weighted by Gasteiger charge is 2.20. The molecule has 0 aliphatic carbocycles. The first kappa shape index (κ1) is 90.3. The summed E-state index contributed by atoms with van der Waals surface area (Å²) in [4.78, 5) is 24.7. The Morgan fingerprint density at radius 1 is 0.304 bits per heavy atom. The second-order valence-corrected chi connectivity index (χ2v) is 29.5. The van der Waals surface area contributed by atoms with Gasteiger partial charge < -0.3 is 20.3 Å². The number of unbranched alkanes of at least 4 members (excludes halogenated alkanes) is 66. The zero-order chi connectivity index (χ0) is 66.3. The molecule has 0 aromatic rings. The van der Waals surface area contributed by atoms with Crippen molar-refractivity contribution in [2.24, 2.45) is 0 Å². The van der Waals surface area contributed by atoms with Gasteiger partial charge in [-0.25, -0.2) is 0 Å². The first-order valence-corrected chi connectivity index (χ1v) is 42.6. The molecule has 2 atom stereocenters. The Hall–Kier alpha value is -1.66. The first-order valence-electron chi connectivity index (χ1n) is 42.6. The van der Waals surface area contributed by atoms with Crippen LogP contribution in [-0.2, 0) is 14.3 Å². The number of nitrogens with one attached hydrogen (secondary N) is 1. The SMILES string of the molecule is CCCCCCCCCCCCCCCCCCCCCCCCCCCC(O)C(CO)NC(=O)CCCCCCCCCCCCCCCCCCC/C=C\C/C=C\CCCCCCCCCCCCCCCOC(=O)CCCCCCCCCCCCCCC. The fourth-order valence-corrected chi connectivity index (χ4v) is 13.8. The maximum absolute atomic E-state index is 12.6. The smallest absolute Gasteiger partial charge is 0.305 e. The number of allylic oxidation sites excluding steroid dienone is 4. The highest BCUT2D eigenvalue weighted by Crippen LogP contribution is 2.21. The van der Waals surface area contributed by atoms with Crippen LogP contribution in [0.2, 0.25) is 0 Å². The molecule has 0 aromatic carbocycles. The van der Waals surface area contributed by atoms with Crippen LogP contribution in [0, 0.1) is 0 Å². The summed E-state index contributed by atoms with van der Waals surface area (Å²) in [6.07, 6.45) is 106. The molecular formula is C86H167NO5. The van der Waals surface area contributed by atoms with Gasteiger partial charge in [0.15, 0.2) is 0 Å². The molecule has 0 heterocycles. The van der Waals surface area contributed by atoms with Crippen LogP contribution in [0.15, 0.2) is 24.3 Å². The summed E-state index contributed by atoms with van der Waals surface area (Å²) < 4.78 is 5.50. The number of ether oxygens (including phenoxy) is 1. The molecule has 0 aliphatic rings. The van der Waals surface area contributed by atoms with E-state index in [0.29, 0.717) is 25.9 Å². The standard InChI is InChI=1S/C86H167NO5/c1-3-5-7-9-11-13-15-17-18-19-20-21-22-36-39-42-45-48-51-55-58-62-66-70-74-78-84(89)83(82-88)87-85(90)79-75-71-67-63-59-56-52-49-46-43-40-37-34-32-30-28-26-24-23-25-27-29-31-33-35-38-41-44-47-50-53-57-61-65-69-73-77-81-92-86(91)80-76-72-68-64-60-54-16-14-12-10-8-6-4-2/h23,25,29,31,83-84,88-89H,3-22,24,26-28,30,32-82H2,1-2H3,(H,87,90)/b25-23-,31-29-. The van der Waals surface area contributed by atoms with Gasteiger partial charge >= 0.3 is 5.97 Å². The molecule has 92 heavy (non-hydrogen) atoms. The van der Waals surface area contributed by atoms with Gasteiger partial charge in [-0.05, 0) is 57.8 Å². The summed E-state index contributed by atoms with van der Waals surface area (Å²) in [5.41, 5.74) is 0. The maximum atomic E-state index is 12.6. The third-order valence-electron chi connectivity index (χ3n) is 20.3. The van der Waals surface area contributed by atoms with E-state index in [4.69, 9.17) is 4.74 Å². The van der Waals surface area contributed by atoms with Crippen LogP contribution in [-0.4, -0.2) is 47.4 Å².